The zero-order valence-corrected chi connectivity index (χ0v) is 12.8. The van der Waals surface area contributed by atoms with Crippen molar-refractivity contribution in [2.45, 2.75) is 6.92 Å². The lowest BCUT2D eigenvalue weighted by molar-refractivity contribution is 0.0975. The molecule has 0 aliphatic rings. The van der Waals surface area contributed by atoms with E-state index in [4.69, 9.17) is 10.2 Å². The van der Waals surface area contributed by atoms with E-state index in [1.165, 1.54) is 0 Å². The molecular weight excluding hydrogens is 308 g/mol. The Morgan fingerprint density at radius 3 is 2.54 bits per heavy atom. The van der Waals surface area contributed by atoms with Gasteiger partial charge in [0.1, 0.15) is 11.3 Å². The summed E-state index contributed by atoms with van der Waals surface area (Å²) in [5.41, 5.74) is 5.99. The van der Waals surface area contributed by atoms with Gasteiger partial charge in [0.2, 0.25) is 11.2 Å². The van der Waals surface area contributed by atoms with E-state index >= 15 is 0 Å². The summed E-state index contributed by atoms with van der Waals surface area (Å²) in [6.45, 7) is 1.84. The molecule has 3 aromatic rings. The molecule has 0 aliphatic heterocycles. The monoisotopic (exact) mass is 322 g/mol. The van der Waals surface area contributed by atoms with E-state index in [9.17, 15) is 14.4 Å². The fraction of sp³-hybridized carbons (Fsp3) is 0.0556. The lowest BCUT2D eigenvalue weighted by Crippen LogP contribution is -2.24. The van der Waals surface area contributed by atoms with E-state index in [1.807, 2.05) is 13.0 Å². The van der Waals surface area contributed by atoms with Crippen LogP contribution in [0.15, 0.2) is 57.7 Å². The van der Waals surface area contributed by atoms with Gasteiger partial charge in [-0.15, -0.1) is 0 Å². The van der Waals surface area contributed by atoms with Crippen LogP contribution in [0, 0.1) is 6.92 Å². The third kappa shape index (κ3) is 2.77. The highest BCUT2D eigenvalue weighted by molar-refractivity contribution is 6.08. The average Bonchev–Trinajstić information content (AvgIpc) is 2.57. The molecule has 0 bridgehead atoms. The number of hydrogen-bond donors (Lipinski definition) is 2. The van der Waals surface area contributed by atoms with Crippen LogP contribution < -0.4 is 16.5 Å². The molecule has 120 valence electrons. The topological polar surface area (TPSA) is 102 Å². The van der Waals surface area contributed by atoms with Gasteiger partial charge in [0.25, 0.3) is 11.8 Å². The van der Waals surface area contributed by atoms with Crippen LogP contribution in [0.25, 0.3) is 11.0 Å². The number of hydrogen-bond acceptors (Lipinski definition) is 4. The van der Waals surface area contributed by atoms with Crippen molar-refractivity contribution >= 4 is 28.5 Å². The number of nitrogens with two attached hydrogens (primary N) is 1. The van der Waals surface area contributed by atoms with Crippen molar-refractivity contribution < 1.29 is 14.0 Å². The van der Waals surface area contributed by atoms with Gasteiger partial charge in [-0.1, -0.05) is 29.8 Å². The maximum atomic E-state index is 12.6. The second-order valence-corrected chi connectivity index (χ2v) is 5.32. The van der Waals surface area contributed by atoms with Gasteiger partial charge >= 0.3 is 0 Å². The minimum absolute atomic E-state index is 0.227. The molecule has 2 aromatic carbocycles. The lowest BCUT2D eigenvalue weighted by atomic mass is 10.1. The van der Waals surface area contributed by atoms with E-state index in [1.54, 1.807) is 42.5 Å². The maximum Gasteiger partial charge on any atom is 0.286 e. The van der Waals surface area contributed by atoms with Crippen LogP contribution in [-0.4, -0.2) is 11.8 Å². The van der Waals surface area contributed by atoms with Crippen LogP contribution in [-0.2, 0) is 0 Å². The molecule has 0 atom stereocenters. The molecule has 0 saturated heterocycles. The Morgan fingerprint density at radius 2 is 1.83 bits per heavy atom. The van der Waals surface area contributed by atoms with Gasteiger partial charge in [0, 0.05) is 5.56 Å². The van der Waals surface area contributed by atoms with Crippen LogP contribution in [0.1, 0.15) is 26.5 Å². The predicted octanol–water partition coefficient (Wildman–Crippen LogP) is 2.45. The summed E-state index contributed by atoms with van der Waals surface area (Å²) in [5.74, 6) is -1.83. The molecule has 3 N–H and O–H groups in total. The summed E-state index contributed by atoms with van der Waals surface area (Å²) < 4.78 is 5.41. The van der Waals surface area contributed by atoms with Gasteiger partial charge in [0.05, 0.1) is 5.39 Å². The third-order valence-corrected chi connectivity index (χ3v) is 3.54. The molecule has 0 aliphatic carbocycles. The fourth-order valence-electron chi connectivity index (χ4n) is 2.40. The Kier molecular flexibility index (Phi) is 3.87. The quantitative estimate of drug-likeness (QED) is 0.773. The number of carbonyl (C=O) groups is 2. The Labute approximate surface area is 136 Å². The Hall–Kier alpha value is -3.41. The van der Waals surface area contributed by atoms with Crippen LogP contribution in [0.5, 0.6) is 0 Å². The average molecular weight is 322 g/mol. The smallest absolute Gasteiger partial charge is 0.286 e. The Balaban J connectivity index is 2.13. The SMILES string of the molecule is Cc1cccc(C(=O)Nc2c(C(N)=O)oc3ccccc3c2=O)c1. The number of benzene rings is 2. The Morgan fingerprint density at radius 1 is 1.08 bits per heavy atom. The number of carbonyl (C=O) groups excluding carboxylic acids is 2. The van der Waals surface area contributed by atoms with Crippen LogP contribution >= 0.6 is 0 Å². The van der Waals surface area contributed by atoms with Crippen molar-refractivity contribution in [3.05, 3.63) is 75.6 Å². The number of aryl methyl sites for hydroxylation is 1. The van der Waals surface area contributed by atoms with E-state index in [0.29, 0.717) is 5.56 Å². The fourth-order valence-corrected chi connectivity index (χ4v) is 2.40. The lowest BCUT2D eigenvalue weighted by Gasteiger charge is -2.09. The van der Waals surface area contributed by atoms with Gasteiger partial charge in [-0.05, 0) is 31.2 Å². The molecule has 3 rings (SSSR count). The van der Waals surface area contributed by atoms with Crippen LogP contribution in [0.2, 0.25) is 0 Å². The summed E-state index contributed by atoms with van der Waals surface area (Å²) in [6.07, 6.45) is 0. The maximum absolute atomic E-state index is 12.6. The minimum atomic E-state index is -0.933. The second kappa shape index (κ2) is 6.00. The van der Waals surface area contributed by atoms with Gasteiger partial charge in [-0.25, -0.2) is 0 Å². The highest BCUT2D eigenvalue weighted by Gasteiger charge is 2.20. The molecule has 0 saturated carbocycles. The number of anilines is 1. The first-order valence-electron chi connectivity index (χ1n) is 7.21. The van der Waals surface area contributed by atoms with Crippen molar-refractivity contribution in [3.8, 4) is 0 Å². The first-order chi connectivity index (χ1) is 11.5. The van der Waals surface area contributed by atoms with Crippen molar-refractivity contribution in [2.75, 3.05) is 5.32 Å². The molecule has 1 heterocycles. The first-order valence-corrected chi connectivity index (χ1v) is 7.21. The number of primary amides is 1. The van der Waals surface area contributed by atoms with Gasteiger partial charge in [-0.2, -0.15) is 0 Å². The third-order valence-electron chi connectivity index (χ3n) is 3.54. The second-order valence-electron chi connectivity index (χ2n) is 5.32. The molecule has 0 unspecified atom stereocenters. The van der Waals surface area contributed by atoms with Crippen molar-refractivity contribution in [2.24, 2.45) is 5.73 Å². The molecule has 2 amide bonds. The molecule has 0 radical (unpaired) electrons. The van der Waals surface area contributed by atoms with Crippen LogP contribution in [0.4, 0.5) is 5.69 Å². The number of fused-ring (bicyclic) bond motifs is 1. The largest absolute Gasteiger partial charge is 0.448 e. The van der Waals surface area contributed by atoms with Crippen LogP contribution in [0.3, 0.4) is 0 Å². The van der Waals surface area contributed by atoms with E-state index in [0.717, 1.165) is 5.56 Å². The number of nitrogens with one attached hydrogen (secondary N) is 1. The number of para-hydroxylation sites is 1. The van der Waals surface area contributed by atoms with E-state index in [2.05, 4.69) is 5.32 Å². The standard InChI is InChI=1S/C18H14N2O4/c1-10-5-4-6-11(9-10)18(23)20-14-15(21)12-7-2-3-8-13(12)24-16(14)17(19)22/h2-9H,1H3,(H2,19,22)(H,20,23). The predicted molar refractivity (Wildman–Crippen MR) is 90.1 cm³/mol. The summed E-state index contributed by atoms with van der Waals surface area (Å²) in [7, 11) is 0. The first kappa shape index (κ1) is 15.5. The molecule has 0 spiro atoms. The van der Waals surface area contributed by atoms with E-state index < -0.39 is 17.2 Å². The minimum Gasteiger partial charge on any atom is -0.448 e. The zero-order valence-electron chi connectivity index (χ0n) is 12.8. The highest BCUT2D eigenvalue weighted by Crippen LogP contribution is 2.19. The van der Waals surface area contributed by atoms with Crippen molar-refractivity contribution in [1.82, 2.24) is 0 Å². The summed E-state index contributed by atoms with van der Waals surface area (Å²) in [4.78, 5) is 36.6. The molecule has 24 heavy (non-hydrogen) atoms. The zero-order chi connectivity index (χ0) is 17.3. The van der Waals surface area contributed by atoms with Gasteiger partial charge in [-0.3, -0.25) is 14.4 Å². The number of amides is 2. The number of rotatable bonds is 3. The van der Waals surface area contributed by atoms with Gasteiger partial charge in [0.15, 0.2) is 0 Å². The normalized spacial score (nSPS) is 10.5. The molecule has 0 fully saturated rings. The Bertz CT molecular complexity index is 1020. The molecule has 6 nitrogen and oxygen atoms in total. The van der Waals surface area contributed by atoms with Crippen molar-refractivity contribution in [3.63, 3.8) is 0 Å². The molecule has 1 aromatic heterocycles. The molecule has 6 heteroatoms. The van der Waals surface area contributed by atoms with Crippen molar-refractivity contribution in [1.29, 1.82) is 0 Å². The summed E-state index contributed by atoms with van der Waals surface area (Å²) in [5, 5.41) is 2.70. The van der Waals surface area contributed by atoms with Gasteiger partial charge < -0.3 is 15.5 Å². The summed E-state index contributed by atoms with van der Waals surface area (Å²) in [6, 6.07) is 13.3. The highest BCUT2D eigenvalue weighted by atomic mass is 16.3. The summed E-state index contributed by atoms with van der Waals surface area (Å²) >= 11 is 0. The molecular formula is C18H14N2O4. The van der Waals surface area contributed by atoms with E-state index in [-0.39, 0.29) is 22.4 Å².